The van der Waals surface area contributed by atoms with Crippen LogP contribution in [0.15, 0.2) is 151 Å². The van der Waals surface area contributed by atoms with E-state index in [1.54, 1.807) is 18.3 Å². The summed E-state index contributed by atoms with van der Waals surface area (Å²) in [7, 11) is -3.08. The number of nitrogens with zero attached hydrogens (tertiary/aromatic N) is 3. The van der Waals surface area contributed by atoms with Gasteiger partial charge in [0.05, 0.1) is 36.8 Å². The maximum absolute atomic E-state index is 14.8. The van der Waals surface area contributed by atoms with Crippen LogP contribution < -0.4 is 10.4 Å². The minimum atomic E-state index is -3.08. The van der Waals surface area contributed by atoms with Crippen LogP contribution >= 0.6 is 0 Å². The first-order valence-corrected chi connectivity index (χ1v) is 24.7. The molecule has 1 aliphatic carbocycles. The number of piperidine rings is 1. The lowest BCUT2D eigenvalue weighted by atomic mass is 9.68. The summed E-state index contributed by atoms with van der Waals surface area (Å²) < 4.78 is 7.50. The van der Waals surface area contributed by atoms with E-state index in [0.29, 0.717) is 36.1 Å². The molecule has 4 atom stereocenters. The molecule has 0 radical (unpaired) electrons. The van der Waals surface area contributed by atoms with Gasteiger partial charge in [0.2, 0.25) is 11.8 Å². The number of likely N-dealkylation sites (tertiary alicyclic amines) is 2. The second kappa shape index (κ2) is 19.7. The Morgan fingerprint density at radius 1 is 0.828 bits per heavy atom. The minimum Gasteiger partial charge on any atom is -0.507 e. The predicted octanol–water partition coefficient (Wildman–Crippen LogP) is 7.62. The van der Waals surface area contributed by atoms with Crippen molar-refractivity contribution in [3.63, 3.8) is 0 Å². The van der Waals surface area contributed by atoms with E-state index >= 15 is 0 Å². The number of para-hydroxylation sites is 1. The van der Waals surface area contributed by atoms with Gasteiger partial charge in [-0.1, -0.05) is 136 Å². The number of pyridine rings is 1. The number of allylic oxidation sites excluding steroid dienone is 1. The van der Waals surface area contributed by atoms with Gasteiger partial charge < -0.3 is 19.7 Å². The van der Waals surface area contributed by atoms with Gasteiger partial charge in [-0.05, 0) is 94.1 Å². The molecule has 3 N–H and O–H groups in total. The van der Waals surface area contributed by atoms with E-state index in [2.05, 4.69) is 67.1 Å². The Hall–Kier alpha value is -5.49. The minimum absolute atomic E-state index is 0.125. The highest BCUT2D eigenvalue weighted by Gasteiger charge is 2.57. The molecular weight excluding hydrogens is 815 g/mol. The Labute approximate surface area is 378 Å². The van der Waals surface area contributed by atoms with Gasteiger partial charge in [-0.15, -0.1) is 0 Å². The van der Waals surface area contributed by atoms with Gasteiger partial charge in [0.15, 0.2) is 0 Å². The standard InChI is InChI=1S/C54H61N3O6Si/c1-54(2,3)64(43-20-9-5-10-21-43,44-22-11-6-12-23-44)63-37-41-34-45-51(53(62)57(52(45)61)42-28-31-56(32-29-42)35-38-17-7-4-8-18-38)46(36-58)50(41)49(60)27-26-39(47-24-15-16-30-55-47)33-40-19-13-14-25-48(40)59/h4-25,30,33,42,45-46,49,51,58-60H,26-29,31-32,34-37H2,1-3H3/b39-33-/t45-,46+,49-,51-/m1/s1. The number of phenols is 1. The maximum atomic E-state index is 14.8. The molecule has 2 saturated heterocycles. The summed E-state index contributed by atoms with van der Waals surface area (Å²) in [6.07, 6.45) is 4.77. The largest absolute Gasteiger partial charge is 0.507 e. The quantitative estimate of drug-likeness (QED) is 0.0558. The van der Waals surface area contributed by atoms with Gasteiger partial charge in [0.25, 0.3) is 8.32 Å². The summed E-state index contributed by atoms with van der Waals surface area (Å²) in [5.74, 6) is -2.56. The van der Waals surface area contributed by atoms with Crippen molar-refractivity contribution in [2.45, 2.75) is 76.6 Å². The van der Waals surface area contributed by atoms with Crippen molar-refractivity contribution in [2.75, 3.05) is 26.3 Å². The highest BCUT2D eigenvalue weighted by Crippen LogP contribution is 2.48. The Balaban J connectivity index is 1.14. The van der Waals surface area contributed by atoms with E-state index < -0.39 is 38.8 Å². The Morgan fingerprint density at radius 2 is 1.44 bits per heavy atom. The van der Waals surface area contributed by atoms with Gasteiger partial charge in [-0.3, -0.25) is 24.4 Å². The number of amides is 2. The van der Waals surface area contributed by atoms with Crippen LogP contribution in [0.1, 0.15) is 69.7 Å². The van der Waals surface area contributed by atoms with Crippen LogP contribution in [0, 0.1) is 17.8 Å². The van der Waals surface area contributed by atoms with E-state index in [1.165, 1.54) is 10.5 Å². The fourth-order valence-electron chi connectivity index (χ4n) is 10.7. The highest BCUT2D eigenvalue weighted by molar-refractivity contribution is 6.99. The number of hydrogen-bond acceptors (Lipinski definition) is 8. The number of imide groups is 1. The molecule has 0 unspecified atom stereocenters. The molecular formula is C54H61N3O6Si. The van der Waals surface area contributed by atoms with E-state index in [0.717, 1.165) is 41.2 Å². The van der Waals surface area contributed by atoms with E-state index in [1.807, 2.05) is 91.0 Å². The normalized spacial score (nSPS) is 20.7. The number of rotatable bonds is 15. The van der Waals surface area contributed by atoms with Crippen LogP contribution in [-0.4, -0.2) is 88.7 Å². The zero-order valence-corrected chi connectivity index (χ0v) is 38.2. The van der Waals surface area contributed by atoms with E-state index in [4.69, 9.17) is 4.43 Å². The zero-order valence-electron chi connectivity index (χ0n) is 37.2. The van der Waals surface area contributed by atoms with Crippen LogP contribution in [0.5, 0.6) is 5.75 Å². The molecule has 2 fully saturated rings. The van der Waals surface area contributed by atoms with Gasteiger partial charge in [-0.2, -0.15) is 0 Å². The molecule has 332 valence electrons. The summed E-state index contributed by atoms with van der Waals surface area (Å²) in [5.41, 5.74) is 4.75. The van der Waals surface area contributed by atoms with Crippen molar-refractivity contribution >= 4 is 42.2 Å². The molecule has 8 rings (SSSR count). The first-order chi connectivity index (χ1) is 31.0. The summed E-state index contributed by atoms with van der Waals surface area (Å²) >= 11 is 0. The van der Waals surface area contributed by atoms with Crippen molar-refractivity contribution in [3.8, 4) is 5.75 Å². The van der Waals surface area contributed by atoms with Crippen molar-refractivity contribution in [2.24, 2.45) is 17.8 Å². The van der Waals surface area contributed by atoms with Gasteiger partial charge in [0.1, 0.15) is 5.75 Å². The van der Waals surface area contributed by atoms with Crippen LogP contribution in [0.2, 0.25) is 5.04 Å². The average molecular weight is 876 g/mol. The maximum Gasteiger partial charge on any atom is 0.261 e. The van der Waals surface area contributed by atoms with Gasteiger partial charge in [-0.25, -0.2) is 0 Å². The fourth-order valence-corrected chi connectivity index (χ4v) is 15.2. The third-order valence-electron chi connectivity index (χ3n) is 13.8. The molecule has 5 aromatic rings. The van der Waals surface area contributed by atoms with Crippen molar-refractivity contribution < 1.29 is 29.3 Å². The van der Waals surface area contributed by atoms with Crippen molar-refractivity contribution in [1.82, 2.24) is 14.8 Å². The number of carbonyl (C=O) groups is 2. The predicted molar refractivity (Wildman–Crippen MR) is 255 cm³/mol. The topological polar surface area (TPSA) is 123 Å². The summed E-state index contributed by atoms with van der Waals surface area (Å²) in [5, 5.41) is 36.6. The van der Waals surface area contributed by atoms with Crippen LogP contribution in [0.3, 0.4) is 0 Å². The van der Waals surface area contributed by atoms with Crippen LogP contribution in [-0.2, 0) is 20.6 Å². The van der Waals surface area contributed by atoms with Crippen LogP contribution in [0.4, 0.5) is 0 Å². The second-order valence-electron chi connectivity index (χ2n) is 18.7. The molecule has 9 nitrogen and oxygen atoms in total. The monoisotopic (exact) mass is 875 g/mol. The molecule has 2 amide bonds. The van der Waals surface area contributed by atoms with E-state index in [-0.39, 0.29) is 48.1 Å². The zero-order chi connectivity index (χ0) is 44.8. The number of aliphatic hydroxyl groups is 2. The highest BCUT2D eigenvalue weighted by atomic mass is 28.4. The summed E-state index contributed by atoms with van der Waals surface area (Å²) in [6, 6.07) is 43.6. The van der Waals surface area contributed by atoms with Crippen LogP contribution in [0.25, 0.3) is 11.6 Å². The number of phenolic OH excluding ortho intramolecular Hbond substituents is 1. The Bertz CT molecular complexity index is 2390. The third-order valence-corrected chi connectivity index (χ3v) is 18.8. The second-order valence-corrected chi connectivity index (χ2v) is 23.0. The number of carbonyl (C=O) groups excluding carboxylic acids is 2. The number of aliphatic hydroxyl groups excluding tert-OH is 2. The summed E-state index contributed by atoms with van der Waals surface area (Å²) in [6.45, 7) is 8.72. The molecule has 10 heteroatoms. The van der Waals surface area contributed by atoms with Gasteiger partial charge >= 0.3 is 0 Å². The average Bonchev–Trinajstić information content (AvgIpc) is 3.56. The molecule has 1 aromatic heterocycles. The number of fused-ring (bicyclic) bond motifs is 1. The lowest BCUT2D eigenvalue weighted by Crippen LogP contribution is -2.66. The fraction of sp³-hybridized carbons (Fsp3) is 0.352. The summed E-state index contributed by atoms with van der Waals surface area (Å²) in [4.78, 5) is 38.1. The SMILES string of the molecule is CC(C)(C)[Si](OCC1=C([C@H](O)CC/C(=C/c2ccccc2O)c2ccccn2)[C@H](CO)[C@@H]2C(=O)N(C3CCN(Cc4ccccc4)CC3)C(=O)[C@@H]2C1)(c1ccccc1)c1ccccc1. The molecule has 64 heavy (non-hydrogen) atoms. The lowest BCUT2D eigenvalue weighted by Gasteiger charge is -2.44. The van der Waals surface area contributed by atoms with E-state index in [9.17, 15) is 24.9 Å². The Morgan fingerprint density at radius 3 is 2.03 bits per heavy atom. The molecule has 2 aliphatic heterocycles. The molecule has 3 heterocycles. The van der Waals surface area contributed by atoms with Gasteiger partial charge in [0, 0.05) is 43.4 Å². The first-order valence-electron chi connectivity index (χ1n) is 22.8. The van der Waals surface area contributed by atoms with Crippen molar-refractivity contribution in [1.29, 1.82) is 0 Å². The molecule has 4 aromatic carbocycles. The first kappa shape index (κ1) is 45.1. The molecule has 0 spiro atoms. The molecule has 0 saturated carbocycles. The molecule has 3 aliphatic rings. The smallest absolute Gasteiger partial charge is 0.261 e. The number of aromatic nitrogens is 1. The number of benzene rings is 4. The third kappa shape index (κ3) is 9.21. The molecule has 0 bridgehead atoms. The lowest BCUT2D eigenvalue weighted by molar-refractivity contribution is -0.144. The van der Waals surface area contributed by atoms with Crippen molar-refractivity contribution in [3.05, 3.63) is 168 Å². The number of hydrogen-bond donors (Lipinski definition) is 3. The Kier molecular flexibility index (Phi) is 13.9. The number of aromatic hydroxyl groups is 1.